The van der Waals surface area contributed by atoms with E-state index in [2.05, 4.69) is 25.7 Å². The van der Waals surface area contributed by atoms with Gasteiger partial charge in [0.1, 0.15) is 23.8 Å². The quantitative estimate of drug-likeness (QED) is 0.580. The van der Waals surface area contributed by atoms with Crippen molar-refractivity contribution in [2.75, 3.05) is 13.2 Å². The lowest BCUT2D eigenvalue weighted by atomic mass is 10.2. The first kappa shape index (κ1) is 19.0. The van der Waals surface area contributed by atoms with Gasteiger partial charge < -0.3 is 19.0 Å². The summed E-state index contributed by atoms with van der Waals surface area (Å²) in [6.07, 6.45) is 0. The monoisotopic (exact) mass is 401 g/mol. The first-order valence-corrected chi connectivity index (χ1v) is 9.81. The molecule has 0 spiro atoms. The largest absolute Gasteiger partial charge is 0.374 e. The lowest BCUT2D eigenvalue weighted by Gasteiger charge is -2.30. The van der Waals surface area contributed by atoms with Gasteiger partial charge in [-0.3, -0.25) is 0 Å². The lowest BCUT2D eigenvalue weighted by Crippen LogP contribution is -2.44. The van der Waals surface area contributed by atoms with Gasteiger partial charge >= 0.3 is 0 Å². The number of imidazole rings is 1. The van der Waals surface area contributed by atoms with E-state index >= 15 is 0 Å². The number of nitrogens with zero attached hydrogens (tertiary/aromatic N) is 5. The highest BCUT2D eigenvalue weighted by Crippen LogP contribution is 2.31. The molecule has 1 aliphatic heterocycles. The van der Waals surface area contributed by atoms with Crippen LogP contribution in [0.2, 0.25) is 5.15 Å². The maximum Gasteiger partial charge on any atom is 0.205 e. The minimum Gasteiger partial charge on any atom is -0.374 e. The van der Waals surface area contributed by atoms with Crippen molar-refractivity contribution in [3.63, 3.8) is 0 Å². The third-order valence-electron chi connectivity index (χ3n) is 5.04. The smallest absolute Gasteiger partial charge is 0.205 e. The van der Waals surface area contributed by atoms with Crippen molar-refractivity contribution in [1.29, 1.82) is 0 Å². The Morgan fingerprint density at radius 3 is 2.68 bits per heavy atom. The van der Waals surface area contributed by atoms with Crippen LogP contribution in [-0.4, -0.2) is 44.1 Å². The van der Waals surface area contributed by atoms with Gasteiger partial charge in [0.25, 0.3) is 0 Å². The normalized spacial score (nSPS) is 16.0. The summed E-state index contributed by atoms with van der Waals surface area (Å²) in [4.78, 5) is 17.0. The number of pyridine rings is 1. The van der Waals surface area contributed by atoms with Crippen LogP contribution in [0.25, 0.3) is 21.9 Å². The van der Waals surface area contributed by atoms with Crippen molar-refractivity contribution in [1.82, 2.24) is 19.4 Å². The molecule has 3 heterocycles. The fraction of sp³-hybridized carbons (Fsp3) is 0.450. The lowest BCUT2D eigenvalue weighted by molar-refractivity contribution is -0.0693. The molecular formula is C20H24ClN5O2. The van der Waals surface area contributed by atoms with E-state index in [0.717, 1.165) is 34.6 Å². The van der Waals surface area contributed by atoms with Gasteiger partial charge in [-0.05, 0) is 33.8 Å². The molecule has 0 unspecified atom stereocenters. The van der Waals surface area contributed by atoms with E-state index in [9.17, 15) is 0 Å². The van der Waals surface area contributed by atoms with Crippen molar-refractivity contribution in [3.8, 4) is 0 Å². The van der Waals surface area contributed by atoms with Crippen molar-refractivity contribution < 1.29 is 9.57 Å². The molecule has 1 aliphatic rings. The first-order valence-electron chi connectivity index (χ1n) is 9.44. The van der Waals surface area contributed by atoms with Gasteiger partial charge in [0.05, 0.1) is 11.0 Å². The number of para-hydroxylation sites is 1. The van der Waals surface area contributed by atoms with Crippen LogP contribution in [0, 0.1) is 0 Å². The molecule has 0 radical (unpaired) electrons. The van der Waals surface area contributed by atoms with Crippen LogP contribution in [0.3, 0.4) is 0 Å². The van der Waals surface area contributed by atoms with Crippen molar-refractivity contribution >= 4 is 39.4 Å². The Balaban J connectivity index is 1.81. The molecule has 0 saturated heterocycles. The maximum atomic E-state index is 6.47. The van der Waals surface area contributed by atoms with Gasteiger partial charge in [-0.1, -0.05) is 35.0 Å². The summed E-state index contributed by atoms with van der Waals surface area (Å²) in [7, 11) is 0. The van der Waals surface area contributed by atoms with Crippen LogP contribution in [0.4, 0.5) is 0 Å². The van der Waals surface area contributed by atoms with E-state index in [0.29, 0.717) is 30.4 Å². The van der Waals surface area contributed by atoms with Gasteiger partial charge in [0.2, 0.25) is 5.72 Å². The van der Waals surface area contributed by atoms with Crippen LogP contribution in [0.15, 0.2) is 29.4 Å². The second-order valence-electron chi connectivity index (χ2n) is 7.26. The summed E-state index contributed by atoms with van der Waals surface area (Å²) in [6.45, 7) is 10.4. The number of hydrogen-bond donors (Lipinski definition) is 0. The summed E-state index contributed by atoms with van der Waals surface area (Å²) in [6, 6.07) is 7.99. The topological polar surface area (TPSA) is 64.8 Å². The van der Waals surface area contributed by atoms with Crippen molar-refractivity contribution in [2.24, 2.45) is 5.16 Å². The SMILES string of the molecule is CCOCc1nc2c(Cl)nc3ccccc3c2n1CCN1C(C)=NOC1(C)C. The minimum absolute atomic E-state index is 0.410. The zero-order chi connectivity index (χ0) is 19.9. The number of oxime groups is 1. The third kappa shape index (κ3) is 3.18. The molecule has 0 bridgehead atoms. The molecule has 148 valence electrons. The molecule has 2 aromatic heterocycles. The highest BCUT2D eigenvalue weighted by molar-refractivity contribution is 6.35. The molecule has 3 aromatic rings. The van der Waals surface area contributed by atoms with Crippen LogP contribution in [-0.2, 0) is 22.7 Å². The van der Waals surface area contributed by atoms with Gasteiger partial charge in [-0.25, -0.2) is 9.97 Å². The van der Waals surface area contributed by atoms with Gasteiger partial charge in [0, 0.05) is 25.1 Å². The predicted molar refractivity (Wildman–Crippen MR) is 110 cm³/mol. The standard InChI is InChI=1S/C20H24ClN5O2/c1-5-27-12-16-23-17-18(14-8-6-7-9-15(14)22-19(17)21)25(16)10-11-26-13(2)24-28-20(26,3)4/h6-9H,5,10-12H2,1-4H3. The van der Waals surface area contributed by atoms with Crippen LogP contribution < -0.4 is 0 Å². The summed E-state index contributed by atoms with van der Waals surface area (Å²) in [5, 5.41) is 5.57. The van der Waals surface area contributed by atoms with Gasteiger partial charge in [-0.2, -0.15) is 0 Å². The third-order valence-corrected chi connectivity index (χ3v) is 5.31. The molecule has 0 N–H and O–H groups in total. The van der Waals surface area contributed by atoms with E-state index in [1.54, 1.807) is 0 Å². The Labute approximate surface area is 168 Å². The van der Waals surface area contributed by atoms with Crippen LogP contribution in [0.1, 0.15) is 33.5 Å². The summed E-state index contributed by atoms with van der Waals surface area (Å²) < 4.78 is 7.85. The molecule has 8 heteroatoms. The molecule has 7 nitrogen and oxygen atoms in total. The molecule has 0 saturated carbocycles. The molecule has 4 rings (SSSR count). The molecule has 0 aliphatic carbocycles. The zero-order valence-corrected chi connectivity index (χ0v) is 17.3. The Morgan fingerprint density at radius 2 is 1.96 bits per heavy atom. The molecule has 0 amide bonds. The fourth-order valence-corrected chi connectivity index (χ4v) is 3.91. The summed E-state index contributed by atoms with van der Waals surface area (Å²) in [5.41, 5.74) is 2.07. The number of amidine groups is 1. The number of benzene rings is 1. The van der Waals surface area contributed by atoms with E-state index in [4.69, 9.17) is 26.2 Å². The molecule has 28 heavy (non-hydrogen) atoms. The number of hydrogen-bond acceptors (Lipinski definition) is 6. The van der Waals surface area contributed by atoms with E-state index in [1.165, 1.54) is 0 Å². The zero-order valence-electron chi connectivity index (χ0n) is 16.6. The first-order chi connectivity index (χ1) is 13.4. The average Bonchev–Trinajstić information content (AvgIpc) is 3.16. The maximum absolute atomic E-state index is 6.47. The highest BCUT2D eigenvalue weighted by Gasteiger charge is 2.35. The molecule has 0 atom stereocenters. The second-order valence-corrected chi connectivity index (χ2v) is 7.62. The average molecular weight is 402 g/mol. The van der Waals surface area contributed by atoms with Gasteiger partial charge in [0.15, 0.2) is 5.15 Å². The Hall–Kier alpha value is -2.38. The molecule has 0 fully saturated rings. The van der Waals surface area contributed by atoms with Gasteiger partial charge in [-0.15, -0.1) is 0 Å². The molecular weight excluding hydrogens is 378 g/mol. The van der Waals surface area contributed by atoms with E-state index in [-0.39, 0.29) is 0 Å². The van der Waals surface area contributed by atoms with Crippen LogP contribution in [0.5, 0.6) is 0 Å². The van der Waals surface area contributed by atoms with E-state index in [1.807, 2.05) is 45.9 Å². The summed E-state index contributed by atoms with van der Waals surface area (Å²) >= 11 is 6.47. The number of fused-ring (bicyclic) bond motifs is 3. The number of rotatable bonds is 6. The van der Waals surface area contributed by atoms with E-state index < -0.39 is 5.72 Å². The number of aromatic nitrogens is 3. The fourth-order valence-electron chi connectivity index (χ4n) is 3.69. The predicted octanol–water partition coefficient (Wildman–Crippen LogP) is 4.18. The Bertz CT molecular complexity index is 1060. The summed E-state index contributed by atoms with van der Waals surface area (Å²) in [5.74, 6) is 1.70. The van der Waals surface area contributed by atoms with Crippen molar-refractivity contribution in [3.05, 3.63) is 35.2 Å². The number of halogens is 1. The molecule has 1 aromatic carbocycles. The Kier molecular flexibility index (Phi) is 4.89. The second kappa shape index (κ2) is 7.22. The number of ether oxygens (including phenoxy) is 1. The highest BCUT2D eigenvalue weighted by atomic mass is 35.5. The van der Waals surface area contributed by atoms with Crippen LogP contribution >= 0.6 is 11.6 Å². The minimum atomic E-state index is -0.470. The van der Waals surface area contributed by atoms with Crippen molar-refractivity contribution in [2.45, 2.75) is 46.6 Å². The Morgan fingerprint density at radius 1 is 1.18 bits per heavy atom.